The van der Waals surface area contributed by atoms with Crippen LogP contribution in [0.5, 0.6) is 0 Å². The van der Waals surface area contributed by atoms with Crippen LogP contribution in [0, 0.1) is 0 Å². The molecule has 3 nitrogen and oxygen atoms in total. The molecular weight excluding hydrogens is 282 g/mol. The van der Waals surface area contributed by atoms with E-state index < -0.39 is 0 Å². The van der Waals surface area contributed by atoms with E-state index in [0.29, 0.717) is 25.9 Å². The van der Waals surface area contributed by atoms with Crippen LogP contribution in [0.2, 0.25) is 0 Å². The first kappa shape index (κ1) is 14.3. The minimum absolute atomic E-state index is 0.0917. The molecule has 2 aromatic rings. The fraction of sp³-hybridized carbons (Fsp3) is 0.353. The number of nitrogens with zero attached hydrogens (tertiary/aromatic N) is 1. The van der Waals surface area contributed by atoms with Gasteiger partial charge in [0.1, 0.15) is 0 Å². The highest BCUT2D eigenvalue weighted by Crippen LogP contribution is 2.21. The molecule has 0 aliphatic carbocycles. The van der Waals surface area contributed by atoms with E-state index in [1.165, 1.54) is 4.88 Å². The zero-order valence-corrected chi connectivity index (χ0v) is 12.7. The standard InChI is InChI=1S/C17H19NO2S/c19-14-7-9-18(10-8-14)17(20)16-6-2-1-4-13(16)12-15-5-3-11-21-15/h1-6,11,14,19H,7-10,12H2. The summed E-state index contributed by atoms with van der Waals surface area (Å²) in [5.41, 5.74) is 1.87. The molecule has 21 heavy (non-hydrogen) atoms. The summed E-state index contributed by atoms with van der Waals surface area (Å²) in [5, 5.41) is 11.6. The van der Waals surface area contributed by atoms with Crippen LogP contribution in [0.3, 0.4) is 0 Å². The van der Waals surface area contributed by atoms with Gasteiger partial charge in [0, 0.05) is 30.0 Å². The molecule has 0 radical (unpaired) electrons. The number of hydrogen-bond donors (Lipinski definition) is 1. The van der Waals surface area contributed by atoms with E-state index in [0.717, 1.165) is 17.5 Å². The first-order valence-electron chi connectivity index (χ1n) is 7.31. The molecule has 1 aromatic heterocycles. The normalized spacial score (nSPS) is 16.1. The van der Waals surface area contributed by atoms with Gasteiger partial charge in [-0.05, 0) is 35.9 Å². The minimum Gasteiger partial charge on any atom is -0.393 e. The lowest BCUT2D eigenvalue weighted by Crippen LogP contribution is -2.40. The minimum atomic E-state index is -0.254. The topological polar surface area (TPSA) is 40.5 Å². The molecule has 1 amide bonds. The molecule has 0 atom stereocenters. The number of rotatable bonds is 3. The van der Waals surface area contributed by atoms with E-state index >= 15 is 0 Å². The van der Waals surface area contributed by atoms with Crippen molar-refractivity contribution in [2.75, 3.05) is 13.1 Å². The number of likely N-dealkylation sites (tertiary alicyclic amines) is 1. The van der Waals surface area contributed by atoms with Crippen molar-refractivity contribution in [1.29, 1.82) is 0 Å². The largest absolute Gasteiger partial charge is 0.393 e. The van der Waals surface area contributed by atoms with Crippen LogP contribution in [-0.2, 0) is 6.42 Å². The van der Waals surface area contributed by atoms with Gasteiger partial charge < -0.3 is 10.0 Å². The highest BCUT2D eigenvalue weighted by atomic mass is 32.1. The Morgan fingerprint density at radius 3 is 2.67 bits per heavy atom. The number of hydrogen-bond acceptors (Lipinski definition) is 3. The summed E-state index contributed by atoms with van der Waals surface area (Å²) < 4.78 is 0. The van der Waals surface area contributed by atoms with Gasteiger partial charge in [0.05, 0.1) is 6.10 Å². The smallest absolute Gasteiger partial charge is 0.254 e. The number of carbonyl (C=O) groups is 1. The fourth-order valence-electron chi connectivity index (χ4n) is 2.72. The van der Waals surface area contributed by atoms with Crippen LogP contribution in [-0.4, -0.2) is 35.1 Å². The first-order valence-corrected chi connectivity index (χ1v) is 8.19. The molecule has 2 heterocycles. The van der Waals surface area contributed by atoms with Crippen molar-refractivity contribution in [1.82, 2.24) is 4.90 Å². The SMILES string of the molecule is O=C(c1ccccc1Cc1cccs1)N1CCC(O)CC1. The summed E-state index contributed by atoms with van der Waals surface area (Å²) in [6.07, 6.45) is 1.91. The van der Waals surface area contributed by atoms with Gasteiger partial charge in [-0.3, -0.25) is 4.79 Å². The lowest BCUT2D eigenvalue weighted by atomic mass is 10.0. The average Bonchev–Trinajstić information content (AvgIpc) is 3.01. The van der Waals surface area contributed by atoms with Crippen molar-refractivity contribution in [2.24, 2.45) is 0 Å². The van der Waals surface area contributed by atoms with Gasteiger partial charge in [-0.15, -0.1) is 11.3 Å². The Balaban J connectivity index is 1.79. The third kappa shape index (κ3) is 3.34. The maximum atomic E-state index is 12.7. The predicted octanol–water partition coefficient (Wildman–Crippen LogP) is 2.94. The second kappa shape index (κ2) is 6.41. The number of carbonyl (C=O) groups excluding carboxylic acids is 1. The van der Waals surface area contributed by atoms with E-state index in [9.17, 15) is 9.90 Å². The Bertz CT molecular complexity index is 601. The van der Waals surface area contributed by atoms with Gasteiger partial charge in [0.2, 0.25) is 0 Å². The highest BCUT2D eigenvalue weighted by Gasteiger charge is 2.23. The van der Waals surface area contributed by atoms with Crippen molar-refractivity contribution in [3.63, 3.8) is 0 Å². The maximum Gasteiger partial charge on any atom is 0.254 e. The second-order valence-electron chi connectivity index (χ2n) is 5.44. The molecule has 3 rings (SSSR count). The number of aliphatic hydroxyl groups excluding tert-OH is 1. The van der Waals surface area contributed by atoms with E-state index in [1.54, 1.807) is 11.3 Å². The van der Waals surface area contributed by atoms with Crippen LogP contribution in [0.25, 0.3) is 0 Å². The number of amides is 1. The molecule has 0 unspecified atom stereocenters. The third-order valence-electron chi connectivity index (χ3n) is 3.94. The Kier molecular flexibility index (Phi) is 4.36. The zero-order chi connectivity index (χ0) is 14.7. The second-order valence-corrected chi connectivity index (χ2v) is 6.47. The van der Waals surface area contributed by atoms with Crippen LogP contribution in [0.1, 0.15) is 33.6 Å². The maximum absolute atomic E-state index is 12.7. The van der Waals surface area contributed by atoms with E-state index in [-0.39, 0.29) is 12.0 Å². The van der Waals surface area contributed by atoms with E-state index in [1.807, 2.05) is 35.2 Å². The molecule has 0 spiro atoms. The molecule has 4 heteroatoms. The zero-order valence-electron chi connectivity index (χ0n) is 11.9. The van der Waals surface area contributed by atoms with Crippen molar-refractivity contribution < 1.29 is 9.90 Å². The Hall–Kier alpha value is -1.65. The summed E-state index contributed by atoms with van der Waals surface area (Å²) in [5.74, 6) is 0.0917. The molecular formula is C17H19NO2S. The van der Waals surface area contributed by atoms with Gasteiger partial charge in [0.15, 0.2) is 0 Å². The Morgan fingerprint density at radius 1 is 1.19 bits per heavy atom. The average molecular weight is 301 g/mol. The van der Waals surface area contributed by atoms with Crippen molar-refractivity contribution >= 4 is 17.2 Å². The monoisotopic (exact) mass is 301 g/mol. The van der Waals surface area contributed by atoms with E-state index in [4.69, 9.17) is 0 Å². The van der Waals surface area contributed by atoms with Gasteiger partial charge in [-0.1, -0.05) is 24.3 Å². The summed E-state index contributed by atoms with van der Waals surface area (Å²) in [6, 6.07) is 12.0. The molecule has 0 bridgehead atoms. The predicted molar refractivity (Wildman–Crippen MR) is 84.7 cm³/mol. The Morgan fingerprint density at radius 2 is 1.95 bits per heavy atom. The molecule has 1 saturated heterocycles. The highest BCUT2D eigenvalue weighted by molar-refractivity contribution is 7.09. The van der Waals surface area contributed by atoms with Gasteiger partial charge >= 0.3 is 0 Å². The molecule has 1 aromatic carbocycles. The number of thiophene rings is 1. The van der Waals surface area contributed by atoms with Gasteiger partial charge in [0.25, 0.3) is 5.91 Å². The molecule has 110 valence electrons. The number of aliphatic hydroxyl groups is 1. The Labute approximate surface area is 128 Å². The lowest BCUT2D eigenvalue weighted by molar-refractivity contribution is 0.0546. The number of piperidine rings is 1. The molecule has 1 fully saturated rings. The van der Waals surface area contributed by atoms with Crippen LogP contribution < -0.4 is 0 Å². The quantitative estimate of drug-likeness (QED) is 0.947. The van der Waals surface area contributed by atoms with Crippen molar-refractivity contribution in [3.05, 3.63) is 57.8 Å². The van der Waals surface area contributed by atoms with Crippen molar-refractivity contribution in [3.8, 4) is 0 Å². The summed E-state index contributed by atoms with van der Waals surface area (Å²) in [7, 11) is 0. The van der Waals surface area contributed by atoms with Gasteiger partial charge in [-0.2, -0.15) is 0 Å². The summed E-state index contributed by atoms with van der Waals surface area (Å²) >= 11 is 1.72. The fourth-order valence-corrected chi connectivity index (χ4v) is 3.45. The van der Waals surface area contributed by atoms with Crippen LogP contribution >= 0.6 is 11.3 Å². The first-order chi connectivity index (χ1) is 10.2. The molecule has 1 aliphatic rings. The summed E-state index contributed by atoms with van der Waals surface area (Å²) in [4.78, 5) is 15.8. The van der Waals surface area contributed by atoms with Crippen LogP contribution in [0.4, 0.5) is 0 Å². The molecule has 0 saturated carbocycles. The van der Waals surface area contributed by atoms with Crippen molar-refractivity contribution in [2.45, 2.75) is 25.4 Å². The molecule has 1 N–H and O–H groups in total. The lowest BCUT2D eigenvalue weighted by Gasteiger charge is -2.30. The third-order valence-corrected chi connectivity index (χ3v) is 4.82. The number of benzene rings is 1. The summed E-state index contributed by atoms with van der Waals surface area (Å²) in [6.45, 7) is 1.29. The van der Waals surface area contributed by atoms with E-state index in [2.05, 4.69) is 11.4 Å². The van der Waals surface area contributed by atoms with Gasteiger partial charge in [-0.25, -0.2) is 0 Å². The van der Waals surface area contributed by atoms with Crippen LogP contribution in [0.15, 0.2) is 41.8 Å². The molecule has 1 aliphatic heterocycles.